The number of rotatable bonds is 3. The zero-order valence-corrected chi connectivity index (χ0v) is 13.4. The number of halogens is 2. The molecule has 1 unspecified atom stereocenters. The minimum Gasteiger partial charge on any atom is -0.388 e. The minimum absolute atomic E-state index is 0.461. The Kier molecular flexibility index (Phi) is 4.74. The highest BCUT2D eigenvalue weighted by Crippen LogP contribution is 2.28. The van der Waals surface area contributed by atoms with Crippen LogP contribution in [0.3, 0.4) is 0 Å². The minimum atomic E-state index is -0.578. The lowest BCUT2D eigenvalue weighted by molar-refractivity contribution is 0.177. The third kappa shape index (κ3) is 3.35. The smallest absolute Gasteiger partial charge is 0.0833 e. The first kappa shape index (κ1) is 15.4. The molecule has 0 heterocycles. The second kappa shape index (κ2) is 6.17. The Hall–Kier alpha value is -1.02. The van der Waals surface area contributed by atoms with Crippen molar-refractivity contribution in [2.24, 2.45) is 0 Å². The van der Waals surface area contributed by atoms with Crippen LogP contribution in [0, 0.1) is 20.8 Å². The average Bonchev–Trinajstić information content (AvgIpc) is 2.38. The summed E-state index contributed by atoms with van der Waals surface area (Å²) in [5, 5.41) is 11.8. The maximum atomic E-state index is 10.5. The van der Waals surface area contributed by atoms with E-state index in [-0.39, 0.29) is 0 Å². The van der Waals surface area contributed by atoms with Crippen LogP contribution in [0.5, 0.6) is 0 Å². The average molecular weight is 309 g/mol. The SMILES string of the molecule is Cc1cc(C)c(C(O)Cc2cc(Cl)ccc2Cl)cc1C. The molecule has 0 aliphatic carbocycles. The molecular formula is C17H18Cl2O. The Morgan fingerprint density at radius 3 is 2.30 bits per heavy atom. The maximum Gasteiger partial charge on any atom is 0.0833 e. The van der Waals surface area contributed by atoms with Gasteiger partial charge in [0.2, 0.25) is 0 Å². The first-order valence-electron chi connectivity index (χ1n) is 6.58. The van der Waals surface area contributed by atoms with E-state index < -0.39 is 6.10 Å². The lowest BCUT2D eigenvalue weighted by atomic mass is 9.94. The fraction of sp³-hybridized carbons (Fsp3) is 0.294. The highest BCUT2D eigenvalue weighted by molar-refractivity contribution is 6.33. The van der Waals surface area contributed by atoms with Crippen LogP contribution in [0.1, 0.15) is 33.9 Å². The van der Waals surface area contributed by atoms with Crippen LogP contribution >= 0.6 is 23.2 Å². The van der Waals surface area contributed by atoms with Gasteiger partial charge in [0.1, 0.15) is 0 Å². The molecule has 0 saturated heterocycles. The van der Waals surface area contributed by atoms with Crippen molar-refractivity contribution in [3.63, 3.8) is 0 Å². The van der Waals surface area contributed by atoms with E-state index in [9.17, 15) is 5.11 Å². The van der Waals surface area contributed by atoms with Crippen molar-refractivity contribution in [2.75, 3.05) is 0 Å². The second-order valence-electron chi connectivity index (χ2n) is 5.25. The first-order valence-corrected chi connectivity index (χ1v) is 7.34. The van der Waals surface area contributed by atoms with Crippen LogP contribution in [-0.2, 0) is 6.42 Å². The maximum absolute atomic E-state index is 10.5. The molecule has 1 atom stereocenters. The van der Waals surface area contributed by atoms with Gasteiger partial charge in [0.25, 0.3) is 0 Å². The normalized spacial score (nSPS) is 12.5. The van der Waals surface area contributed by atoms with Gasteiger partial charge in [-0.1, -0.05) is 35.3 Å². The van der Waals surface area contributed by atoms with Gasteiger partial charge in [-0.3, -0.25) is 0 Å². The molecule has 0 amide bonds. The van der Waals surface area contributed by atoms with Crippen molar-refractivity contribution in [1.29, 1.82) is 0 Å². The number of hydrogen-bond donors (Lipinski definition) is 1. The summed E-state index contributed by atoms with van der Waals surface area (Å²) in [6.45, 7) is 6.15. The Labute approximate surface area is 130 Å². The largest absolute Gasteiger partial charge is 0.388 e. The number of benzene rings is 2. The number of hydrogen-bond acceptors (Lipinski definition) is 1. The molecule has 0 fully saturated rings. The van der Waals surface area contributed by atoms with E-state index in [1.807, 2.05) is 19.1 Å². The molecule has 2 aromatic rings. The summed E-state index contributed by atoms with van der Waals surface area (Å²) in [7, 11) is 0. The second-order valence-corrected chi connectivity index (χ2v) is 6.09. The molecule has 2 rings (SSSR count). The number of aliphatic hydroxyl groups excluding tert-OH is 1. The monoisotopic (exact) mass is 308 g/mol. The van der Waals surface area contributed by atoms with Crippen LogP contribution in [0.25, 0.3) is 0 Å². The van der Waals surface area contributed by atoms with E-state index in [1.54, 1.807) is 12.1 Å². The van der Waals surface area contributed by atoms with Gasteiger partial charge in [-0.2, -0.15) is 0 Å². The van der Waals surface area contributed by atoms with E-state index >= 15 is 0 Å². The van der Waals surface area contributed by atoms with Crippen molar-refractivity contribution < 1.29 is 5.11 Å². The van der Waals surface area contributed by atoms with E-state index in [4.69, 9.17) is 23.2 Å². The highest BCUT2D eigenvalue weighted by atomic mass is 35.5. The topological polar surface area (TPSA) is 20.2 Å². The number of aryl methyl sites for hydroxylation is 3. The standard InChI is InChI=1S/C17H18Cl2O/c1-10-6-12(3)15(7-11(10)2)17(20)9-13-8-14(18)4-5-16(13)19/h4-8,17,20H,9H2,1-3H3. The fourth-order valence-corrected chi connectivity index (χ4v) is 2.75. The van der Waals surface area contributed by atoms with Crippen LogP contribution in [0.4, 0.5) is 0 Å². The van der Waals surface area contributed by atoms with Crippen molar-refractivity contribution in [3.8, 4) is 0 Å². The summed E-state index contributed by atoms with van der Waals surface area (Å²) in [6.07, 6.45) is -0.117. The molecule has 2 aromatic carbocycles. The van der Waals surface area contributed by atoms with Crippen LogP contribution in [-0.4, -0.2) is 5.11 Å². The molecule has 106 valence electrons. The zero-order valence-electron chi connectivity index (χ0n) is 11.9. The predicted octanol–water partition coefficient (Wildman–Crippen LogP) is 5.19. The molecule has 0 aromatic heterocycles. The van der Waals surface area contributed by atoms with Gasteiger partial charge in [-0.25, -0.2) is 0 Å². The van der Waals surface area contributed by atoms with E-state index in [2.05, 4.69) is 19.9 Å². The van der Waals surface area contributed by atoms with Gasteiger partial charge < -0.3 is 5.11 Å². The van der Waals surface area contributed by atoms with Gasteiger partial charge >= 0.3 is 0 Å². The van der Waals surface area contributed by atoms with Gasteiger partial charge in [-0.15, -0.1) is 0 Å². The van der Waals surface area contributed by atoms with Crippen LogP contribution < -0.4 is 0 Å². The summed E-state index contributed by atoms with van der Waals surface area (Å²) in [6, 6.07) is 9.48. The third-order valence-corrected chi connectivity index (χ3v) is 4.27. The summed E-state index contributed by atoms with van der Waals surface area (Å²) in [4.78, 5) is 0. The Morgan fingerprint density at radius 2 is 1.60 bits per heavy atom. The summed E-state index contributed by atoms with van der Waals surface area (Å²) in [5.41, 5.74) is 5.33. The Bertz CT molecular complexity index is 635. The van der Waals surface area contributed by atoms with Crippen LogP contribution in [0.2, 0.25) is 10.0 Å². The van der Waals surface area contributed by atoms with E-state index in [1.165, 1.54) is 11.1 Å². The molecule has 1 N–H and O–H groups in total. The van der Waals surface area contributed by atoms with Crippen molar-refractivity contribution in [2.45, 2.75) is 33.3 Å². The highest BCUT2D eigenvalue weighted by Gasteiger charge is 2.14. The molecule has 0 spiro atoms. The molecule has 0 aliphatic rings. The predicted molar refractivity (Wildman–Crippen MR) is 85.8 cm³/mol. The van der Waals surface area contributed by atoms with Crippen molar-refractivity contribution in [1.82, 2.24) is 0 Å². The van der Waals surface area contributed by atoms with Crippen molar-refractivity contribution >= 4 is 23.2 Å². The molecular weight excluding hydrogens is 291 g/mol. The lowest BCUT2D eigenvalue weighted by Crippen LogP contribution is -2.05. The van der Waals surface area contributed by atoms with Gasteiger partial charge in [0.05, 0.1) is 6.10 Å². The summed E-state index contributed by atoms with van der Waals surface area (Å²) < 4.78 is 0. The Morgan fingerprint density at radius 1 is 0.950 bits per heavy atom. The van der Waals surface area contributed by atoms with E-state index in [0.717, 1.165) is 16.7 Å². The molecule has 0 radical (unpaired) electrons. The molecule has 0 aliphatic heterocycles. The van der Waals surface area contributed by atoms with Gasteiger partial charge in [0.15, 0.2) is 0 Å². The molecule has 0 bridgehead atoms. The molecule has 3 heteroatoms. The lowest BCUT2D eigenvalue weighted by Gasteiger charge is -2.17. The first-order chi connectivity index (χ1) is 9.38. The Balaban J connectivity index is 2.30. The summed E-state index contributed by atoms with van der Waals surface area (Å²) in [5.74, 6) is 0. The van der Waals surface area contributed by atoms with Gasteiger partial charge in [0, 0.05) is 16.5 Å². The molecule has 1 nitrogen and oxygen atoms in total. The molecule has 20 heavy (non-hydrogen) atoms. The van der Waals surface area contributed by atoms with E-state index in [0.29, 0.717) is 16.5 Å². The van der Waals surface area contributed by atoms with Crippen molar-refractivity contribution in [3.05, 3.63) is 68.2 Å². The summed E-state index contributed by atoms with van der Waals surface area (Å²) >= 11 is 12.1. The quantitative estimate of drug-likeness (QED) is 0.826. The van der Waals surface area contributed by atoms with Crippen LogP contribution in [0.15, 0.2) is 30.3 Å². The zero-order chi connectivity index (χ0) is 14.9. The van der Waals surface area contributed by atoms with Gasteiger partial charge in [-0.05, 0) is 66.8 Å². The number of aliphatic hydroxyl groups is 1. The fourth-order valence-electron chi connectivity index (χ4n) is 2.36. The third-order valence-electron chi connectivity index (χ3n) is 3.66. The molecule has 0 saturated carbocycles.